The first-order chi connectivity index (χ1) is 5.92. The van der Waals surface area contributed by atoms with E-state index in [9.17, 15) is 9.18 Å². The molecule has 72 valence electrons. The predicted molar refractivity (Wildman–Crippen MR) is 45.8 cm³/mol. The molecule has 2 bridgehead atoms. The number of allylic oxidation sites excluding steroid dienone is 2. The van der Waals surface area contributed by atoms with Crippen LogP contribution in [-0.4, -0.2) is 11.1 Å². The minimum Gasteiger partial charge on any atom is -0.481 e. The summed E-state index contributed by atoms with van der Waals surface area (Å²) in [5.74, 6) is -0.827. The van der Waals surface area contributed by atoms with Gasteiger partial charge in [0.15, 0.2) is 0 Å². The third-order valence-corrected chi connectivity index (χ3v) is 3.39. The van der Waals surface area contributed by atoms with Crippen molar-refractivity contribution in [3.8, 4) is 0 Å². The van der Waals surface area contributed by atoms with E-state index < -0.39 is 11.4 Å². The highest BCUT2D eigenvalue weighted by Crippen LogP contribution is 2.76. The molecule has 0 spiro atoms. The van der Waals surface area contributed by atoms with E-state index in [0.29, 0.717) is 24.8 Å². The summed E-state index contributed by atoms with van der Waals surface area (Å²) in [5, 5.41) is 8.83. The Morgan fingerprint density at radius 2 is 1.69 bits per heavy atom. The van der Waals surface area contributed by atoms with Gasteiger partial charge in [-0.15, -0.1) is 0 Å². The van der Waals surface area contributed by atoms with E-state index in [1.165, 1.54) is 0 Å². The van der Waals surface area contributed by atoms with Crippen LogP contribution in [0.25, 0.3) is 0 Å². The fourth-order valence-corrected chi connectivity index (χ4v) is 2.78. The first-order valence-corrected chi connectivity index (χ1v) is 4.49. The fourth-order valence-electron chi connectivity index (χ4n) is 2.78. The van der Waals surface area contributed by atoms with E-state index in [1.807, 2.05) is 0 Å². The van der Waals surface area contributed by atoms with Crippen LogP contribution >= 0.6 is 0 Å². The van der Waals surface area contributed by atoms with E-state index in [4.69, 9.17) is 5.11 Å². The standard InChI is InChI=1S/C10H13FO2/c1-6(2)7(11)9-3-10(4-9,5-9)8(12)13/h3-5H2,1-2H3,(H,12,13). The maximum atomic E-state index is 13.5. The van der Waals surface area contributed by atoms with Crippen molar-refractivity contribution in [3.63, 3.8) is 0 Å². The van der Waals surface area contributed by atoms with E-state index in [-0.39, 0.29) is 11.2 Å². The molecule has 13 heavy (non-hydrogen) atoms. The molecular formula is C10H13FO2. The maximum Gasteiger partial charge on any atom is 0.309 e. The van der Waals surface area contributed by atoms with Crippen LogP contribution in [0.2, 0.25) is 0 Å². The Balaban J connectivity index is 2.13. The number of halogens is 1. The van der Waals surface area contributed by atoms with Crippen molar-refractivity contribution in [2.75, 3.05) is 0 Å². The second kappa shape index (κ2) is 2.14. The Bertz CT molecular complexity index is 293. The lowest BCUT2D eigenvalue weighted by Crippen LogP contribution is -2.65. The Morgan fingerprint density at radius 1 is 1.23 bits per heavy atom. The van der Waals surface area contributed by atoms with Crippen LogP contribution < -0.4 is 0 Å². The van der Waals surface area contributed by atoms with Crippen molar-refractivity contribution in [2.24, 2.45) is 10.8 Å². The highest BCUT2D eigenvalue weighted by molar-refractivity contribution is 5.80. The van der Waals surface area contributed by atoms with Gasteiger partial charge in [-0.05, 0) is 38.7 Å². The number of carboxylic acids is 1. The minimum atomic E-state index is -0.754. The van der Waals surface area contributed by atoms with Crippen molar-refractivity contribution in [1.29, 1.82) is 0 Å². The number of aliphatic carboxylic acids is 1. The summed E-state index contributed by atoms with van der Waals surface area (Å²) in [6, 6.07) is 0. The summed E-state index contributed by atoms with van der Waals surface area (Å²) < 4.78 is 13.5. The largest absolute Gasteiger partial charge is 0.481 e. The minimum absolute atomic E-state index is 0.0735. The van der Waals surface area contributed by atoms with Crippen LogP contribution in [0.5, 0.6) is 0 Å². The zero-order valence-corrected chi connectivity index (χ0v) is 7.85. The Labute approximate surface area is 76.4 Å². The summed E-state index contributed by atoms with van der Waals surface area (Å²) in [4.78, 5) is 10.7. The third-order valence-electron chi connectivity index (χ3n) is 3.39. The van der Waals surface area contributed by atoms with Crippen LogP contribution in [0.3, 0.4) is 0 Å². The van der Waals surface area contributed by atoms with Gasteiger partial charge in [0.25, 0.3) is 0 Å². The molecule has 3 aliphatic rings. The molecule has 2 nitrogen and oxygen atoms in total. The molecule has 3 aliphatic carbocycles. The number of carbonyl (C=O) groups is 1. The molecular weight excluding hydrogens is 171 g/mol. The molecule has 3 fully saturated rings. The zero-order valence-electron chi connectivity index (χ0n) is 7.85. The van der Waals surface area contributed by atoms with Crippen LogP contribution in [0.4, 0.5) is 4.39 Å². The maximum absolute atomic E-state index is 13.5. The Kier molecular flexibility index (Phi) is 1.44. The van der Waals surface area contributed by atoms with Gasteiger partial charge in [-0.2, -0.15) is 0 Å². The quantitative estimate of drug-likeness (QED) is 0.715. The summed E-state index contributed by atoms with van der Waals surface area (Å²) in [7, 11) is 0. The predicted octanol–water partition coefficient (Wildman–Crippen LogP) is 2.50. The van der Waals surface area contributed by atoms with E-state index in [2.05, 4.69) is 0 Å². The number of hydrogen-bond acceptors (Lipinski definition) is 1. The molecule has 0 radical (unpaired) electrons. The van der Waals surface area contributed by atoms with Crippen LogP contribution in [0, 0.1) is 10.8 Å². The lowest BCUT2D eigenvalue weighted by Gasteiger charge is -2.67. The number of rotatable bonds is 2. The van der Waals surface area contributed by atoms with Crippen LogP contribution in [0.15, 0.2) is 11.4 Å². The van der Waals surface area contributed by atoms with Gasteiger partial charge >= 0.3 is 5.97 Å². The second-order valence-corrected chi connectivity index (χ2v) is 4.71. The Hall–Kier alpha value is -0.860. The molecule has 3 heteroatoms. The summed E-state index contributed by atoms with van der Waals surface area (Å²) in [6.07, 6.45) is 1.52. The highest BCUT2D eigenvalue weighted by atomic mass is 19.1. The smallest absolute Gasteiger partial charge is 0.309 e. The van der Waals surface area contributed by atoms with Crippen LogP contribution in [0.1, 0.15) is 33.1 Å². The monoisotopic (exact) mass is 184 g/mol. The third kappa shape index (κ3) is 0.847. The summed E-state index contributed by atoms with van der Waals surface area (Å²) in [6.45, 7) is 3.48. The Morgan fingerprint density at radius 3 is 2.00 bits per heavy atom. The van der Waals surface area contributed by atoms with Crippen molar-refractivity contribution in [2.45, 2.75) is 33.1 Å². The van der Waals surface area contributed by atoms with Gasteiger partial charge in [0.05, 0.1) is 5.41 Å². The molecule has 0 aliphatic heterocycles. The first kappa shape index (κ1) is 8.73. The lowest BCUT2D eigenvalue weighted by molar-refractivity contribution is -0.214. The molecule has 3 rings (SSSR count). The van der Waals surface area contributed by atoms with E-state index in [0.717, 1.165) is 0 Å². The van der Waals surface area contributed by atoms with Crippen molar-refractivity contribution >= 4 is 5.97 Å². The SMILES string of the molecule is CC(C)=C(F)C12CC(C(=O)O)(C1)C2. The molecule has 0 saturated heterocycles. The van der Waals surface area contributed by atoms with Gasteiger partial charge in [0.1, 0.15) is 5.83 Å². The average Bonchev–Trinajstić information content (AvgIpc) is 1.79. The molecule has 0 unspecified atom stereocenters. The second-order valence-electron chi connectivity index (χ2n) is 4.71. The molecule has 0 aromatic heterocycles. The van der Waals surface area contributed by atoms with Crippen molar-refractivity contribution in [3.05, 3.63) is 11.4 Å². The van der Waals surface area contributed by atoms with E-state index in [1.54, 1.807) is 13.8 Å². The molecule has 1 N–H and O–H groups in total. The van der Waals surface area contributed by atoms with Gasteiger partial charge in [-0.1, -0.05) is 0 Å². The normalized spacial score (nSPS) is 40.2. The molecule has 0 aromatic rings. The summed E-state index contributed by atoms with van der Waals surface area (Å²) >= 11 is 0. The number of carboxylic acid groups (broad SMARTS) is 1. The topological polar surface area (TPSA) is 37.3 Å². The van der Waals surface area contributed by atoms with Gasteiger partial charge in [-0.25, -0.2) is 4.39 Å². The zero-order chi connectivity index (χ0) is 9.85. The van der Waals surface area contributed by atoms with Gasteiger partial charge in [0, 0.05) is 5.41 Å². The summed E-state index contributed by atoms with van der Waals surface area (Å²) in [5.41, 5.74) is -0.247. The van der Waals surface area contributed by atoms with E-state index >= 15 is 0 Å². The van der Waals surface area contributed by atoms with Gasteiger partial charge < -0.3 is 5.11 Å². The van der Waals surface area contributed by atoms with Gasteiger partial charge in [0.2, 0.25) is 0 Å². The molecule has 0 heterocycles. The highest BCUT2D eigenvalue weighted by Gasteiger charge is 2.73. The lowest BCUT2D eigenvalue weighted by atomic mass is 9.34. The molecule has 0 aromatic carbocycles. The van der Waals surface area contributed by atoms with Crippen molar-refractivity contribution < 1.29 is 14.3 Å². The number of hydrogen-bond donors (Lipinski definition) is 1. The van der Waals surface area contributed by atoms with Gasteiger partial charge in [-0.3, -0.25) is 4.79 Å². The van der Waals surface area contributed by atoms with Crippen molar-refractivity contribution in [1.82, 2.24) is 0 Å². The molecule has 3 saturated carbocycles. The molecule has 0 amide bonds. The fraction of sp³-hybridized carbons (Fsp3) is 0.700. The molecule has 0 atom stereocenters. The first-order valence-electron chi connectivity index (χ1n) is 4.49. The average molecular weight is 184 g/mol. The van der Waals surface area contributed by atoms with Crippen LogP contribution in [-0.2, 0) is 4.79 Å².